The normalized spacial score (nSPS) is 16.8. The Bertz CT molecular complexity index is 677. The maximum Gasteiger partial charge on any atom is 0.224 e. The van der Waals surface area contributed by atoms with Gasteiger partial charge >= 0.3 is 0 Å². The summed E-state index contributed by atoms with van der Waals surface area (Å²) in [5.74, 6) is -0.806. The SMILES string of the molecule is CC(=O)C1=C(C)N=NC1C(=O)CN(C(C)=O)c1ccccc1. The van der Waals surface area contributed by atoms with Gasteiger partial charge in [-0.2, -0.15) is 10.2 Å². The van der Waals surface area contributed by atoms with Crippen LogP contribution in [0.3, 0.4) is 0 Å². The van der Waals surface area contributed by atoms with E-state index in [1.54, 1.807) is 31.2 Å². The molecule has 1 amide bonds. The van der Waals surface area contributed by atoms with Gasteiger partial charge in [0, 0.05) is 12.6 Å². The van der Waals surface area contributed by atoms with E-state index in [4.69, 9.17) is 0 Å². The van der Waals surface area contributed by atoms with Crippen LogP contribution < -0.4 is 4.90 Å². The van der Waals surface area contributed by atoms with Gasteiger partial charge < -0.3 is 4.90 Å². The summed E-state index contributed by atoms with van der Waals surface area (Å²) in [4.78, 5) is 37.3. The Labute approximate surface area is 128 Å². The van der Waals surface area contributed by atoms with Gasteiger partial charge in [-0.1, -0.05) is 18.2 Å². The Hall–Kier alpha value is -2.63. The van der Waals surface area contributed by atoms with Crippen molar-refractivity contribution in [3.63, 3.8) is 0 Å². The van der Waals surface area contributed by atoms with Crippen molar-refractivity contribution in [3.05, 3.63) is 41.6 Å². The summed E-state index contributed by atoms with van der Waals surface area (Å²) in [5, 5.41) is 7.69. The molecule has 0 saturated carbocycles. The molecule has 114 valence electrons. The highest BCUT2D eigenvalue weighted by Crippen LogP contribution is 2.24. The van der Waals surface area contributed by atoms with Crippen molar-refractivity contribution in [1.29, 1.82) is 0 Å². The van der Waals surface area contributed by atoms with Gasteiger partial charge in [-0.15, -0.1) is 0 Å². The molecule has 22 heavy (non-hydrogen) atoms. The Morgan fingerprint density at radius 2 is 1.77 bits per heavy atom. The molecule has 1 atom stereocenters. The van der Waals surface area contributed by atoms with Crippen molar-refractivity contribution >= 4 is 23.2 Å². The number of rotatable bonds is 5. The average Bonchev–Trinajstić information content (AvgIpc) is 2.87. The number of Topliss-reactive ketones (excluding diaryl/α,β-unsaturated/α-hetero) is 2. The van der Waals surface area contributed by atoms with Crippen molar-refractivity contribution < 1.29 is 14.4 Å². The summed E-state index contributed by atoms with van der Waals surface area (Å²) in [5.41, 5.74) is 1.39. The molecule has 0 radical (unpaired) electrons. The van der Waals surface area contributed by atoms with Gasteiger partial charge in [-0.05, 0) is 26.0 Å². The van der Waals surface area contributed by atoms with E-state index in [-0.39, 0.29) is 24.0 Å². The molecule has 1 heterocycles. The van der Waals surface area contributed by atoms with Crippen LogP contribution in [-0.4, -0.2) is 30.1 Å². The number of allylic oxidation sites excluding steroid dienone is 1. The third kappa shape index (κ3) is 3.16. The summed E-state index contributed by atoms with van der Waals surface area (Å²) in [6.07, 6.45) is 0. The Balaban J connectivity index is 2.22. The largest absolute Gasteiger partial charge is 0.305 e. The highest BCUT2D eigenvalue weighted by atomic mass is 16.2. The first-order valence-corrected chi connectivity index (χ1v) is 6.90. The Morgan fingerprint density at radius 3 is 2.32 bits per heavy atom. The van der Waals surface area contributed by atoms with Gasteiger partial charge in [0.05, 0.1) is 17.8 Å². The van der Waals surface area contributed by atoms with E-state index in [0.29, 0.717) is 17.0 Å². The number of carbonyl (C=O) groups excluding carboxylic acids is 3. The molecule has 1 unspecified atom stereocenters. The summed E-state index contributed by atoms with van der Waals surface area (Å²) >= 11 is 0. The highest BCUT2D eigenvalue weighted by Gasteiger charge is 2.32. The van der Waals surface area contributed by atoms with Crippen molar-refractivity contribution in [1.82, 2.24) is 0 Å². The van der Waals surface area contributed by atoms with Crippen LogP contribution in [0, 0.1) is 0 Å². The minimum Gasteiger partial charge on any atom is -0.305 e. The van der Waals surface area contributed by atoms with E-state index in [0.717, 1.165) is 0 Å². The Kier molecular flexibility index (Phi) is 4.60. The number of nitrogens with zero attached hydrogens (tertiary/aromatic N) is 3. The number of anilines is 1. The monoisotopic (exact) mass is 299 g/mol. The fraction of sp³-hybridized carbons (Fsp3) is 0.312. The molecule has 6 nitrogen and oxygen atoms in total. The number of ketones is 2. The first kappa shape index (κ1) is 15.8. The number of carbonyl (C=O) groups is 3. The van der Waals surface area contributed by atoms with Gasteiger partial charge in [0.2, 0.25) is 5.91 Å². The molecule has 0 aromatic heterocycles. The quantitative estimate of drug-likeness (QED) is 0.836. The summed E-state index contributed by atoms with van der Waals surface area (Å²) < 4.78 is 0. The average molecular weight is 299 g/mol. The van der Waals surface area contributed by atoms with E-state index in [2.05, 4.69) is 10.2 Å². The van der Waals surface area contributed by atoms with Crippen molar-refractivity contribution in [2.75, 3.05) is 11.4 Å². The molecule has 0 saturated heterocycles. The van der Waals surface area contributed by atoms with Crippen molar-refractivity contribution in [3.8, 4) is 0 Å². The first-order chi connectivity index (χ1) is 10.4. The molecule has 1 aromatic carbocycles. The lowest BCUT2D eigenvalue weighted by Crippen LogP contribution is -2.38. The molecule has 2 rings (SSSR count). The predicted octanol–water partition coefficient (Wildman–Crippen LogP) is 2.31. The number of para-hydroxylation sites is 1. The standard InChI is InChI=1S/C16H17N3O3/c1-10-15(11(2)20)16(18-17-10)14(22)9-19(12(3)21)13-7-5-4-6-8-13/h4-8,16H,9H2,1-3H3. The van der Waals surface area contributed by atoms with Crippen LogP contribution >= 0.6 is 0 Å². The van der Waals surface area contributed by atoms with E-state index in [9.17, 15) is 14.4 Å². The zero-order chi connectivity index (χ0) is 16.3. The molecule has 6 heteroatoms. The molecule has 1 aliphatic rings. The summed E-state index contributed by atoms with van der Waals surface area (Å²) in [6.45, 7) is 4.28. The second-order valence-corrected chi connectivity index (χ2v) is 5.08. The number of azo groups is 1. The van der Waals surface area contributed by atoms with Crippen LogP contribution in [0.5, 0.6) is 0 Å². The lowest BCUT2D eigenvalue weighted by Gasteiger charge is -2.21. The first-order valence-electron chi connectivity index (χ1n) is 6.90. The summed E-state index contributed by atoms with van der Waals surface area (Å²) in [6, 6.07) is 7.99. The van der Waals surface area contributed by atoms with Crippen LogP contribution in [0.2, 0.25) is 0 Å². The second kappa shape index (κ2) is 6.43. The van der Waals surface area contributed by atoms with Gasteiger partial charge in [0.15, 0.2) is 17.6 Å². The maximum absolute atomic E-state index is 12.5. The highest BCUT2D eigenvalue weighted by molar-refractivity contribution is 6.07. The van der Waals surface area contributed by atoms with Crippen LogP contribution in [0.15, 0.2) is 51.8 Å². The van der Waals surface area contributed by atoms with Crippen molar-refractivity contribution in [2.45, 2.75) is 26.8 Å². The smallest absolute Gasteiger partial charge is 0.224 e. The zero-order valence-electron chi connectivity index (χ0n) is 12.7. The summed E-state index contributed by atoms with van der Waals surface area (Å²) in [7, 11) is 0. The number of hydrogen-bond donors (Lipinski definition) is 0. The lowest BCUT2D eigenvalue weighted by molar-refractivity contribution is -0.122. The van der Waals surface area contributed by atoms with Gasteiger partial charge in [-0.25, -0.2) is 0 Å². The molecule has 0 spiro atoms. The maximum atomic E-state index is 12.5. The molecule has 0 N–H and O–H groups in total. The third-order valence-electron chi connectivity index (χ3n) is 3.43. The van der Waals surface area contributed by atoms with Gasteiger partial charge in [0.25, 0.3) is 0 Å². The van der Waals surface area contributed by atoms with Crippen molar-refractivity contribution in [2.24, 2.45) is 10.2 Å². The van der Waals surface area contributed by atoms with Crippen LogP contribution in [-0.2, 0) is 14.4 Å². The minimum absolute atomic E-state index is 0.146. The van der Waals surface area contributed by atoms with Gasteiger partial charge in [0.1, 0.15) is 0 Å². The van der Waals surface area contributed by atoms with Crippen LogP contribution in [0.1, 0.15) is 20.8 Å². The number of hydrogen-bond acceptors (Lipinski definition) is 5. The van der Waals surface area contributed by atoms with E-state index in [1.165, 1.54) is 18.7 Å². The fourth-order valence-corrected chi connectivity index (χ4v) is 2.36. The minimum atomic E-state index is -0.914. The molecule has 0 fully saturated rings. The zero-order valence-corrected chi connectivity index (χ0v) is 12.7. The number of benzene rings is 1. The molecule has 1 aliphatic heterocycles. The van der Waals surface area contributed by atoms with E-state index in [1.807, 2.05) is 6.07 Å². The lowest BCUT2D eigenvalue weighted by atomic mass is 9.99. The van der Waals surface area contributed by atoms with Gasteiger partial charge in [-0.3, -0.25) is 14.4 Å². The third-order valence-corrected chi connectivity index (χ3v) is 3.43. The van der Waals surface area contributed by atoms with E-state index < -0.39 is 6.04 Å². The molecule has 1 aromatic rings. The molecule has 0 bridgehead atoms. The Morgan fingerprint density at radius 1 is 1.14 bits per heavy atom. The molecular weight excluding hydrogens is 282 g/mol. The predicted molar refractivity (Wildman–Crippen MR) is 81.5 cm³/mol. The van der Waals surface area contributed by atoms with E-state index >= 15 is 0 Å². The van der Waals surface area contributed by atoms with Crippen LogP contribution in [0.4, 0.5) is 5.69 Å². The molecule has 0 aliphatic carbocycles. The second-order valence-electron chi connectivity index (χ2n) is 5.08. The topological polar surface area (TPSA) is 79.2 Å². The van der Waals surface area contributed by atoms with Crippen LogP contribution in [0.25, 0.3) is 0 Å². The molecular formula is C16H17N3O3. The fourth-order valence-electron chi connectivity index (χ4n) is 2.36. The number of amides is 1.